The van der Waals surface area contributed by atoms with Gasteiger partial charge in [-0.2, -0.15) is 0 Å². The first-order chi connectivity index (χ1) is 24.3. The molecule has 9 aromatic carbocycles. The molecule has 10 rings (SSSR count). The van der Waals surface area contributed by atoms with Crippen LogP contribution in [0.25, 0.3) is 93.2 Å². The Hall–Kier alpha value is -6.44. The minimum atomic E-state index is 1.15. The van der Waals surface area contributed by atoms with Gasteiger partial charge < -0.3 is 4.57 Å². The summed E-state index contributed by atoms with van der Waals surface area (Å²) in [6.45, 7) is 0. The van der Waals surface area contributed by atoms with Crippen LogP contribution >= 0.6 is 0 Å². The molecule has 10 aromatic rings. The highest BCUT2D eigenvalue weighted by molar-refractivity contribution is 6.20. The lowest BCUT2D eigenvalue weighted by molar-refractivity contribution is 1.18. The van der Waals surface area contributed by atoms with Crippen molar-refractivity contribution < 1.29 is 0 Å². The van der Waals surface area contributed by atoms with E-state index in [0.29, 0.717) is 0 Å². The SMILES string of the molecule is c1ccc(-c2ccc3c(c2)c2cc(-c4ccccc4)ccc2n3-c2cccc(-c3c4ccccc4cc4c3ccc3ccccc34)c2)cc1. The Bertz CT molecular complexity index is 2760. The summed E-state index contributed by atoms with van der Waals surface area (Å²) in [5.74, 6) is 0. The third-order valence-corrected chi connectivity index (χ3v) is 10.1. The lowest BCUT2D eigenvalue weighted by Crippen LogP contribution is -1.95. The second-order valence-electron chi connectivity index (χ2n) is 12.9. The molecule has 0 aliphatic rings. The van der Waals surface area contributed by atoms with Gasteiger partial charge in [0.25, 0.3) is 0 Å². The normalized spacial score (nSPS) is 11.7. The zero-order valence-electron chi connectivity index (χ0n) is 26.8. The van der Waals surface area contributed by atoms with Crippen molar-refractivity contribution in [1.29, 1.82) is 0 Å². The lowest BCUT2D eigenvalue weighted by atomic mass is 9.90. The van der Waals surface area contributed by atoms with Crippen LogP contribution in [0.3, 0.4) is 0 Å². The predicted octanol–water partition coefficient (Wildman–Crippen LogP) is 13.2. The van der Waals surface area contributed by atoms with Gasteiger partial charge in [0.1, 0.15) is 0 Å². The number of hydrogen-bond donors (Lipinski definition) is 0. The zero-order valence-corrected chi connectivity index (χ0v) is 26.8. The van der Waals surface area contributed by atoms with Crippen LogP contribution in [0.15, 0.2) is 188 Å². The van der Waals surface area contributed by atoms with E-state index in [0.717, 1.165) is 5.69 Å². The molecule has 0 N–H and O–H groups in total. The number of rotatable bonds is 4. The molecular weight excluding hydrogens is 591 g/mol. The largest absolute Gasteiger partial charge is 0.309 e. The van der Waals surface area contributed by atoms with E-state index >= 15 is 0 Å². The fourth-order valence-corrected chi connectivity index (χ4v) is 7.85. The molecule has 1 heteroatoms. The summed E-state index contributed by atoms with van der Waals surface area (Å²) < 4.78 is 2.44. The predicted molar refractivity (Wildman–Crippen MR) is 210 cm³/mol. The Labute approximate surface area is 284 Å². The summed E-state index contributed by atoms with van der Waals surface area (Å²) in [5, 5.41) is 10.1. The van der Waals surface area contributed by atoms with Crippen molar-refractivity contribution in [2.75, 3.05) is 0 Å². The Morgan fingerprint density at radius 1 is 0.265 bits per heavy atom. The Morgan fingerprint density at radius 2 is 0.837 bits per heavy atom. The Morgan fingerprint density at radius 3 is 1.51 bits per heavy atom. The monoisotopic (exact) mass is 621 g/mol. The summed E-state index contributed by atoms with van der Waals surface area (Å²) in [4.78, 5) is 0. The van der Waals surface area contributed by atoms with Crippen LogP contribution in [0.5, 0.6) is 0 Å². The van der Waals surface area contributed by atoms with Crippen molar-refractivity contribution in [1.82, 2.24) is 4.57 Å². The fraction of sp³-hybridized carbons (Fsp3) is 0. The summed E-state index contributed by atoms with van der Waals surface area (Å²) in [6.07, 6.45) is 0. The van der Waals surface area contributed by atoms with Crippen LogP contribution in [0.4, 0.5) is 0 Å². The van der Waals surface area contributed by atoms with Crippen LogP contribution < -0.4 is 0 Å². The van der Waals surface area contributed by atoms with Crippen LogP contribution in [0.2, 0.25) is 0 Å². The standard InChI is InChI=1S/C48H31N/c1-3-12-32(13-4-1)35-23-26-46-44(29-35)45-30-36(33-14-5-2-6-15-33)24-27-47(45)49(46)39-19-11-18-38(28-39)48-41-21-10-8-17-37(41)31-43-40-20-9-7-16-34(40)22-25-42(43)48/h1-31H. The van der Waals surface area contributed by atoms with Crippen LogP contribution in [-0.2, 0) is 0 Å². The quantitative estimate of drug-likeness (QED) is 0.136. The first-order valence-corrected chi connectivity index (χ1v) is 16.9. The molecule has 0 spiro atoms. The molecule has 0 amide bonds. The van der Waals surface area contributed by atoms with Gasteiger partial charge >= 0.3 is 0 Å². The van der Waals surface area contributed by atoms with E-state index in [4.69, 9.17) is 0 Å². The van der Waals surface area contributed by atoms with E-state index in [1.807, 2.05) is 0 Å². The van der Waals surface area contributed by atoms with Gasteiger partial charge in [-0.3, -0.25) is 0 Å². The fourth-order valence-electron chi connectivity index (χ4n) is 7.85. The number of fused-ring (bicyclic) bond motifs is 7. The smallest absolute Gasteiger partial charge is 0.0541 e. The van der Waals surface area contributed by atoms with E-state index in [1.54, 1.807) is 0 Å². The van der Waals surface area contributed by atoms with Crippen molar-refractivity contribution in [2.24, 2.45) is 0 Å². The number of aromatic nitrogens is 1. The van der Waals surface area contributed by atoms with Gasteiger partial charge in [-0.05, 0) is 108 Å². The molecule has 0 unspecified atom stereocenters. The van der Waals surface area contributed by atoms with Crippen LogP contribution in [0, 0.1) is 0 Å². The molecule has 0 bridgehead atoms. The summed E-state index contributed by atoms with van der Waals surface area (Å²) in [5.41, 5.74) is 10.9. The van der Waals surface area contributed by atoms with Gasteiger partial charge in [-0.1, -0.05) is 146 Å². The second kappa shape index (κ2) is 11.1. The average Bonchev–Trinajstić information content (AvgIpc) is 3.50. The number of hydrogen-bond acceptors (Lipinski definition) is 0. The van der Waals surface area contributed by atoms with Crippen molar-refractivity contribution in [3.8, 4) is 39.1 Å². The van der Waals surface area contributed by atoms with Crippen LogP contribution in [-0.4, -0.2) is 4.57 Å². The molecule has 0 aliphatic carbocycles. The minimum absolute atomic E-state index is 1.15. The summed E-state index contributed by atoms with van der Waals surface area (Å²) in [7, 11) is 0. The van der Waals surface area contributed by atoms with Crippen LogP contribution in [0.1, 0.15) is 0 Å². The topological polar surface area (TPSA) is 4.93 Å². The third kappa shape index (κ3) is 4.47. The highest BCUT2D eigenvalue weighted by atomic mass is 15.0. The highest BCUT2D eigenvalue weighted by Gasteiger charge is 2.17. The van der Waals surface area contributed by atoms with E-state index in [9.17, 15) is 0 Å². The van der Waals surface area contributed by atoms with E-state index < -0.39 is 0 Å². The number of nitrogens with zero attached hydrogens (tertiary/aromatic N) is 1. The molecule has 49 heavy (non-hydrogen) atoms. The molecular formula is C48H31N. The first kappa shape index (κ1) is 27.7. The van der Waals surface area contributed by atoms with E-state index in [1.165, 1.54) is 87.5 Å². The first-order valence-electron chi connectivity index (χ1n) is 16.9. The summed E-state index contributed by atoms with van der Waals surface area (Å²) >= 11 is 0. The number of benzene rings is 9. The van der Waals surface area contributed by atoms with Crippen molar-refractivity contribution >= 4 is 54.1 Å². The molecule has 0 saturated heterocycles. The van der Waals surface area contributed by atoms with Gasteiger partial charge in [0, 0.05) is 16.5 Å². The zero-order chi connectivity index (χ0) is 32.3. The maximum Gasteiger partial charge on any atom is 0.0541 e. The molecule has 0 aliphatic heterocycles. The highest BCUT2D eigenvalue weighted by Crippen LogP contribution is 2.42. The van der Waals surface area contributed by atoms with Gasteiger partial charge in [0.15, 0.2) is 0 Å². The van der Waals surface area contributed by atoms with Gasteiger partial charge in [-0.25, -0.2) is 0 Å². The molecule has 0 radical (unpaired) electrons. The molecule has 228 valence electrons. The van der Waals surface area contributed by atoms with E-state index in [2.05, 4.69) is 193 Å². The Balaban J connectivity index is 1.24. The molecule has 0 fully saturated rings. The molecule has 1 aromatic heterocycles. The molecule has 0 atom stereocenters. The Kier molecular flexibility index (Phi) is 6.25. The van der Waals surface area contributed by atoms with Gasteiger partial charge in [0.2, 0.25) is 0 Å². The van der Waals surface area contributed by atoms with Gasteiger partial charge in [0.05, 0.1) is 11.0 Å². The van der Waals surface area contributed by atoms with Crippen molar-refractivity contribution in [2.45, 2.75) is 0 Å². The maximum atomic E-state index is 2.44. The lowest BCUT2D eigenvalue weighted by Gasteiger charge is -2.16. The minimum Gasteiger partial charge on any atom is -0.309 e. The van der Waals surface area contributed by atoms with E-state index in [-0.39, 0.29) is 0 Å². The molecule has 1 heterocycles. The van der Waals surface area contributed by atoms with Crippen molar-refractivity contribution in [3.05, 3.63) is 188 Å². The van der Waals surface area contributed by atoms with Gasteiger partial charge in [-0.15, -0.1) is 0 Å². The second-order valence-corrected chi connectivity index (χ2v) is 12.9. The molecule has 1 nitrogen and oxygen atoms in total. The summed E-state index contributed by atoms with van der Waals surface area (Å²) in [6, 6.07) is 68.8. The maximum absolute atomic E-state index is 2.44. The average molecular weight is 622 g/mol. The van der Waals surface area contributed by atoms with Crippen molar-refractivity contribution in [3.63, 3.8) is 0 Å². The third-order valence-electron chi connectivity index (χ3n) is 10.1. The molecule has 0 saturated carbocycles.